The van der Waals surface area contributed by atoms with Crippen LogP contribution in [0.3, 0.4) is 0 Å². The average Bonchev–Trinajstić information content (AvgIpc) is 2.75. The number of piperidine rings is 1. The number of aromatic nitrogens is 2. The maximum atomic E-state index is 13.7. The van der Waals surface area contributed by atoms with Crippen molar-refractivity contribution in [3.05, 3.63) is 58.7 Å². The van der Waals surface area contributed by atoms with Crippen LogP contribution in [-0.4, -0.2) is 29.0 Å². The van der Waals surface area contributed by atoms with E-state index in [1.165, 1.54) is 11.0 Å². The van der Waals surface area contributed by atoms with E-state index in [0.29, 0.717) is 35.6 Å². The highest BCUT2D eigenvalue weighted by molar-refractivity contribution is 6.31. The number of alkyl halides is 3. The Morgan fingerprint density at radius 3 is 2.58 bits per heavy atom. The monoisotopic (exact) mass is 448 g/mol. The zero-order valence-electron chi connectivity index (χ0n) is 16.7. The Hall–Kier alpha value is -2.87. The van der Waals surface area contributed by atoms with E-state index < -0.39 is 17.8 Å². The van der Waals surface area contributed by atoms with Crippen LogP contribution in [0.2, 0.25) is 5.02 Å². The fraction of sp³-hybridized carbons (Fsp3) is 0.318. The molecule has 1 amide bonds. The Morgan fingerprint density at radius 2 is 1.87 bits per heavy atom. The molecular formula is C22H20ClF3N4O. The lowest BCUT2D eigenvalue weighted by Crippen LogP contribution is -2.42. The van der Waals surface area contributed by atoms with Crippen molar-refractivity contribution < 1.29 is 18.0 Å². The van der Waals surface area contributed by atoms with Crippen LogP contribution in [-0.2, 0) is 11.0 Å². The molecule has 1 fully saturated rings. The summed E-state index contributed by atoms with van der Waals surface area (Å²) in [6.07, 6.45) is -3.51. The van der Waals surface area contributed by atoms with Gasteiger partial charge in [0.2, 0.25) is 5.91 Å². The van der Waals surface area contributed by atoms with Gasteiger partial charge in [0.05, 0.1) is 17.0 Å². The van der Waals surface area contributed by atoms with Crippen LogP contribution in [0, 0.1) is 12.8 Å². The molecule has 0 radical (unpaired) electrons. The molecule has 0 saturated carbocycles. The molecule has 0 aliphatic carbocycles. The van der Waals surface area contributed by atoms with E-state index in [1.54, 1.807) is 36.4 Å². The molecule has 1 saturated heterocycles. The molecule has 0 unspecified atom stereocenters. The van der Waals surface area contributed by atoms with Gasteiger partial charge in [0.15, 0.2) is 11.5 Å². The minimum absolute atomic E-state index is 0.127. The molecule has 1 aromatic heterocycles. The zero-order valence-corrected chi connectivity index (χ0v) is 17.5. The summed E-state index contributed by atoms with van der Waals surface area (Å²) in [6, 6.07) is 11.6. The largest absolute Gasteiger partial charge is 0.437 e. The Morgan fingerprint density at radius 1 is 1.16 bits per heavy atom. The number of hydrogen-bond donors (Lipinski definition) is 1. The first-order valence-corrected chi connectivity index (χ1v) is 10.3. The van der Waals surface area contributed by atoms with Crippen molar-refractivity contribution >= 4 is 40.0 Å². The van der Waals surface area contributed by atoms with Crippen molar-refractivity contribution in [2.45, 2.75) is 25.9 Å². The van der Waals surface area contributed by atoms with Gasteiger partial charge in [0, 0.05) is 23.8 Å². The van der Waals surface area contributed by atoms with Crippen molar-refractivity contribution in [1.82, 2.24) is 9.97 Å². The topological polar surface area (TPSA) is 58.1 Å². The number of fused-ring (bicyclic) bond motifs is 1. The molecule has 1 atom stereocenters. The number of hydrogen-bond acceptors (Lipinski definition) is 4. The van der Waals surface area contributed by atoms with Crippen LogP contribution in [0.5, 0.6) is 0 Å². The summed E-state index contributed by atoms with van der Waals surface area (Å²) in [5, 5.41) is 3.35. The van der Waals surface area contributed by atoms with Crippen LogP contribution < -0.4 is 10.2 Å². The summed E-state index contributed by atoms with van der Waals surface area (Å²) >= 11 is 6.02. The molecule has 2 heterocycles. The first kappa shape index (κ1) is 21.4. The highest BCUT2D eigenvalue weighted by Crippen LogP contribution is 2.37. The minimum Gasteiger partial charge on any atom is -0.354 e. The van der Waals surface area contributed by atoms with Crippen molar-refractivity contribution in [2.75, 3.05) is 23.3 Å². The Bertz CT molecular complexity index is 1140. The number of aryl methyl sites for hydroxylation is 1. The van der Waals surface area contributed by atoms with E-state index in [9.17, 15) is 18.0 Å². The third-order valence-corrected chi connectivity index (χ3v) is 5.60. The van der Waals surface area contributed by atoms with Crippen molar-refractivity contribution in [2.24, 2.45) is 5.92 Å². The lowest BCUT2D eigenvalue weighted by atomic mass is 9.96. The van der Waals surface area contributed by atoms with Gasteiger partial charge in [-0.05, 0) is 49.6 Å². The number of carbonyl (C=O) groups is 1. The maximum absolute atomic E-state index is 13.7. The molecule has 31 heavy (non-hydrogen) atoms. The molecule has 162 valence electrons. The van der Waals surface area contributed by atoms with Crippen molar-refractivity contribution in [3.63, 3.8) is 0 Å². The molecule has 3 aromatic rings. The molecule has 4 rings (SSSR count). The molecule has 0 spiro atoms. The van der Waals surface area contributed by atoms with Crippen LogP contribution >= 0.6 is 11.6 Å². The van der Waals surface area contributed by atoms with Gasteiger partial charge in [-0.1, -0.05) is 29.8 Å². The van der Waals surface area contributed by atoms with Crippen LogP contribution in [0.15, 0.2) is 42.5 Å². The summed E-state index contributed by atoms with van der Waals surface area (Å²) in [6.45, 7) is 2.34. The highest BCUT2D eigenvalue weighted by Gasteiger charge is 2.40. The zero-order chi connectivity index (χ0) is 22.2. The maximum Gasteiger partial charge on any atom is 0.437 e. The van der Waals surface area contributed by atoms with Gasteiger partial charge >= 0.3 is 6.18 Å². The number of carbonyl (C=O) groups excluding carboxylic acids is 1. The summed E-state index contributed by atoms with van der Waals surface area (Å²) in [5.74, 6) is -0.971. The van der Waals surface area contributed by atoms with Gasteiger partial charge in [-0.2, -0.15) is 13.2 Å². The second kappa shape index (κ2) is 8.34. The van der Waals surface area contributed by atoms with Crippen LogP contribution in [0.25, 0.3) is 11.0 Å². The standard InChI is InChI=1S/C22H20ClF3N4O/c1-13-8-9-15(23)11-18(13)29-21(31)14-5-4-10-30(12-14)20-19(22(24,25)26)27-16-6-2-3-7-17(16)28-20/h2-3,6-9,11,14H,4-5,10,12H2,1H3,(H,29,31)/t14-/m1/s1. The number of halogens is 4. The molecule has 0 bridgehead atoms. The fourth-order valence-corrected chi connectivity index (χ4v) is 3.92. The summed E-state index contributed by atoms with van der Waals surface area (Å²) in [5.41, 5.74) is 0.979. The van der Waals surface area contributed by atoms with E-state index in [2.05, 4.69) is 15.3 Å². The smallest absolute Gasteiger partial charge is 0.354 e. The van der Waals surface area contributed by atoms with E-state index in [1.807, 2.05) is 6.92 Å². The molecule has 1 aliphatic rings. The quantitative estimate of drug-likeness (QED) is 0.577. The number of para-hydroxylation sites is 2. The normalized spacial score (nSPS) is 17.1. The average molecular weight is 449 g/mol. The Balaban J connectivity index is 1.61. The number of nitrogens with one attached hydrogen (secondary N) is 1. The van der Waals surface area contributed by atoms with Gasteiger partial charge < -0.3 is 10.2 Å². The summed E-state index contributed by atoms with van der Waals surface area (Å²) in [4.78, 5) is 22.5. The summed E-state index contributed by atoms with van der Waals surface area (Å²) < 4.78 is 41.2. The van der Waals surface area contributed by atoms with E-state index in [0.717, 1.165) is 5.56 Å². The molecule has 1 N–H and O–H groups in total. The predicted molar refractivity (Wildman–Crippen MR) is 114 cm³/mol. The van der Waals surface area contributed by atoms with E-state index in [4.69, 9.17) is 11.6 Å². The molecule has 5 nitrogen and oxygen atoms in total. The fourth-order valence-electron chi connectivity index (χ4n) is 3.75. The second-order valence-electron chi connectivity index (χ2n) is 7.62. The van der Waals surface area contributed by atoms with Gasteiger partial charge in [0.25, 0.3) is 0 Å². The SMILES string of the molecule is Cc1ccc(Cl)cc1NC(=O)[C@@H]1CCCN(c2nc3ccccc3nc2C(F)(F)F)C1. The second-order valence-corrected chi connectivity index (χ2v) is 8.05. The van der Waals surface area contributed by atoms with Gasteiger partial charge in [0.1, 0.15) is 0 Å². The lowest BCUT2D eigenvalue weighted by Gasteiger charge is -2.34. The third-order valence-electron chi connectivity index (χ3n) is 5.37. The number of rotatable bonds is 3. The van der Waals surface area contributed by atoms with Crippen LogP contribution in [0.4, 0.5) is 24.7 Å². The number of benzene rings is 2. The Kier molecular flexibility index (Phi) is 5.75. The molecular weight excluding hydrogens is 429 g/mol. The number of nitrogens with zero attached hydrogens (tertiary/aromatic N) is 3. The lowest BCUT2D eigenvalue weighted by molar-refractivity contribution is -0.140. The number of amides is 1. The van der Waals surface area contributed by atoms with Gasteiger partial charge in [-0.3, -0.25) is 4.79 Å². The molecule has 2 aromatic carbocycles. The predicted octanol–water partition coefficient (Wildman–Crippen LogP) is 5.47. The Labute approximate surface area is 182 Å². The van der Waals surface area contributed by atoms with E-state index in [-0.39, 0.29) is 23.8 Å². The van der Waals surface area contributed by atoms with E-state index >= 15 is 0 Å². The summed E-state index contributed by atoms with van der Waals surface area (Å²) in [7, 11) is 0. The number of anilines is 2. The minimum atomic E-state index is -4.65. The van der Waals surface area contributed by atoms with Crippen molar-refractivity contribution in [1.29, 1.82) is 0 Å². The van der Waals surface area contributed by atoms with Gasteiger partial charge in [-0.25, -0.2) is 9.97 Å². The highest BCUT2D eigenvalue weighted by atomic mass is 35.5. The van der Waals surface area contributed by atoms with Crippen molar-refractivity contribution in [3.8, 4) is 0 Å². The molecule has 1 aliphatic heterocycles. The van der Waals surface area contributed by atoms with Gasteiger partial charge in [-0.15, -0.1) is 0 Å². The first-order chi connectivity index (χ1) is 14.7. The third kappa shape index (κ3) is 4.58. The molecule has 9 heteroatoms. The van der Waals surface area contributed by atoms with Crippen LogP contribution in [0.1, 0.15) is 24.1 Å². The first-order valence-electron chi connectivity index (χ1n) is 9.88.